The number of nitrogens with two attached hydrogens (primary N) is 1. The number of hydrogen-bond donors (Lipinski definition) is 2. The molecule has 1 atom stereocenters. The van der Waals surface area contributed by atoms with Gasteiger partial charge in [0.25, 0.3) is 0 Å². The Balaban J connectivity index is 1.91. The Morgan fingerprint density at radius 2 is 1.86 bits per heavy atom. The van der Waals surface area contributed by atoms with E-state index in [1.54, 1.807) is 0 Å². The molecule has 1 aromatic heterocycles. The molecule has 2 aromatic rings. The molecule has 4 nitrogen and oxygen atoms in total. The van der Waals surface area contributed by atoms with Crippen molar-refractivity contribution in [1.82, 2.24) is 9.97 Å². The maximum atomic E-state index is 6.19. The average Bonchev–Trinajstić information content (AvgIpc) is 2.47. The number of rotatable bonds is 6. The molecule has 0 amide bonds. The first-order valence-electron chi connectivity index (χ1n) is 7.46. The zero-order chi connectivity index (χ0) is 15.2. The van der Waals surface area contributed by atoms with Gasteiger partial charge in [-0.1, -0.05) is 44.2 Å². The summed E-state index contributed by atoms with van der Waals surface area (Å²) >= 11 is 0. The van der Waals surface area contributed by atoms with Crippen LogP contribution in [0.5, 0.6) is 0 Å². The SMILES string of the molecule is Cc1cc(C(C)C)nc(NCCC(N)c2ccccc2)n1. The van der Waals surface area contributed by atoms with Crippen molar-refractivity contribution in [2.24, 2.45) is 5.73 Å². The highest BCUT2D eigenvalue weighted by Gasteiger charge is 2.07. The molecule has 0 spiro atoms. The molecule has 21 heavy (non-hydrogen) atoms. The van der Waals surface area contributed by atoms with E-state index in [2.05, 4.69) is 41.3 Å². The number of aromatic nitrogens is 2. The number of benzene rings is 1. The minimum Gasteiger partial charge on any atom is -0.354 e. The summed E-state index contributed by atoms with van der Waals surface area (Å²) in [6.45, 7) is 7.03. The fourth-order valence-corrected chi connectivity index (χ4v) is 2.17. The van der Waals surface area contributed by atoms with E-state index < -0.39 is 0 Å². The summed E-state index contributed by atoms with van der Waals surface area (Å²) in [5.74, 6) is 1.10. The first-order valence-corrected chi connectivity index (χ1v) is 7.46. The van der Waals surface area contributed by atoms with Gasteiger partial charge in [-0.25, -0.2) is 9.97 Å². The Bertz CT molecular complexity index is 566. The molecule has 2 rings (SSSR count). The van der Waals surface area contributed by atoms with Crippen molar-refractivity contribution in [3.63, 3.8) is 0 Å². The Morgan fingerprint density at radius 3 is 2.52 bits per heavy atom. The summed E-state index contributed by atoms with van der Waals surface area (Å²) < 4.78 is 0. The van der Waals surface area contributed by atoms with Gasteiger partial charge >= 0.3 is 0 Å². The largest absolute Gasteiger partial charge is 0.354 e. The molecule has 112 valence electrons. The molecule has 0 bridgehead atoms. The minimum absolute atomic E-state index is 0.0353. The van der Waals surface area contributed by atoms with Gasteiger partial charge in [0, 0.05) is 24.0 Å². The van der Waals surface area contributed by atoms with Gasteiger partial charge < -0.3 is 11.1 Å². The van der Waals surface area contributed by atoms with Crippen molar-refractivity contribution < 1.29 is 0 Å². The zero-order valence-corrected chi connectivity index (χ0v) is 13.0. The summed E-state index contributed by atoms with van der Waals surface area (Å²) in [4.78, 5) is 8.96. The predicted octanol–water partition coefficient (Wildman–Crippen LogP) is 3.41. The third kappa shape index (κ3) is 4.53. The second-order valence-corrected chi connectivity index (χ2v) is 5.65. The van der Waals surface area contributed by atoms with Gasteiger partial charge in [0.15, 0.2) is 0 Å². The van der Waals surface area contributed by atoms with Crippen molar-refractivity contribution in [1.29, 1.82) is 0 Å². The number of nitrogens with zero attached hydrogens (tertiary/aromatic N) is 2. The number of aryl methyl sites for hydroxylation is 1. The smallest absolute Gasteiger partial charge is 0.223 e. The highest BCUT2D eigenvalue weighted by molar-refractivity contribution is 5.29. The van der Waals surface area contributed by atoms with Crippen LogP contribution in [0.15, 0.2) is 36.4 Å². The first kappa shape index (κ1) is 15.4. The van der Waals surface area contributed by atoms with Crippen molar-refractivity contribution in [3.8, 4) is 0 Å². The molecular weight excluding hydrogens is 260 g/mol. The van der Waals surface area contributed by atoms with Crippen molar-refractivity contribution in [2.45, 2.75) is 39.2 Å². The molecule has 0 fully saturated rings. The maximum Gasteiger partial charge on any atom is 0.223 e. The molecule has 1 heterocycles. The van der Waals surface area contributed by atoms with E-state index in [1.165, 1.54) is 0 Å². The fraction of sp³-hybridized carbons (Fsp3) is 0.412. The molecule has 1 aromatic carbocycles. The van der Waals surface area contributed by atoms with Crippen LogP contribution in [0, 0.1) is 6.92 Å². The third-order valence-electron chi connectivity index (χ3n) is 3.43. The van der Waals surface area contributed by atoms with Gasteiger partial charge in [0.2, 0.25) is 5.95 Å². The Labute approximate surface area is 126 Å². The lowest BCUT2D eigenvalue weighted by atomic mass is 10.1. The molecule has 1 unspecified atom stereocenters. The van der Waals surface area contributed by atoms with Gasteiger partial charge in [0.05, 0.1) is 0 Å². The molecule has 4 heteroatoms. The van der Waals surface area contributed by atoms with Crippen LogP contribution in [-0.4, -0.2) is 16.5 Å². The van der Waals surface area contributed by atoms with Gasteiger partial charge in [-0.15, -0.1) is 0 Å². The van der Waals surface area contributed by atoms with E-state index in [0.717, 1.165) is 29.9 Å². The number of anilines is 1. The molecule has 0 radical (unpaired) electrons. The Morgan fingerprint density at radius 1 is 1.14 bits per heavy atom. The molecule has 0 aliphatic rings. The summed E-state index contributed by atoms with van der Waals surface area (Å²) in [6.07, 6.45) is 0.846. The molecule has 0 saturated carbocycles. The van der Waals surface area contributed by atoms with Crippen LogP contribution in [0.3, 0.4) is 0 Å². The Kier molecular flexibility index (Phi) is 5.28. The summed E-state index contributed by atoms with van der Waals surface area (Å²) in [5.41, 5.74) is 9.40. The van der Waals surface area contributed by atoms with Crippen LogP contribution in [-0.2, 0) is 0 Å². The third-order valence-corrected chi connectivity index (χ3v) is 3.43. The summed E-state index contributed by atoms with van der Waals surface area (Å²) in [6, 6.07) is 12.2. The second kappa shape index (κ2) is 7.18. The lowest BCUT2D eigenvalue weighted by molar-refractivity contribution is 0.672. The van der Waals surface area contributed by atoms with E-state index in [-0.39, 0.29) is 6.04 Å². The topological polar surface area (TPSA) is 63.8 Å². The first-order chi connectivity index (χ1) is 10.1. The van der Waals surface area contributed by atoms with Gasteiger partial charge in [-0.05, 0) is 30.9 Å². The van der Waals surface area contributed by atoms with E-state index in [4.69, 9.17) is 5.73 Å². The molecule has 0 aliphatic carbocycles. The molecule has 0 saturated heterocycles. The standard InChI is InChI=1S/C17H24N4/c1-12(2)16-11-13(3)20-17(21-16)19-10-9-15(18)14-7-5-4-6-8-14/h4-8,11-12,15H,9-10,18H2,1-3H3,(H,19,20,21). The van der Waals surface area contributed by atoms with Crippen LogP contribution in [0.4, 0.5) is 5.95 Å². The van der Waals surface area contributed by atoms with Crippen LogP contribution in [0.2, 0.25) is 0 Å². The monoisotopic (exact) mass is 284 g/mol. The van der Waals surface area contributed by atoms with E-state index in [1.807, 2.05) is 31.2 Å². The van der Waals surface area contributed by atoms with Gasteiger partial charge in [-0.2, -0.15) is 0 Å². The summed E-state index contributed by atoms with van der Waals surface area (Å²) in [7, 11) is 0. The zero-order valence-electron chi connectivity index (χ0n) is 13.0. The molecular formula is C17H24N4. The Hall–Kier alpha value is -1.94. The van der Waals surface area contributed by atoms with Gasteiger partial charge in [0.1, 0.15) is 0 Å². The van der Waals surface area contributed by atoms with Gasteiger partial charge in [-0.3, -0.25) is 0 Å². The molecule has 3 N–H and O–H groups in total. The number of hydrogen-bond acceptors (Lipinski definition) is 4. The van der Waals surface area contributed by atoms with Crippen molar-refractivity contribution >= 4 is 5.95 Å². The second-order valence-electron chi connectivity index (χ2n) is 5.65. The van der Waals surface area contributed by atoms with Crippen molar-refractivity contribution in [3.05, 3.63) is 53.3 Å². The van der Waals surface area contributed by atoms with Crippen LogP contribution < -0.4 is 11.1 Å². The predicted molar refractivity (Wildman–Crippen MR) is 87.3 cm³/mol. The lowest BCUT2D eigenvalue weighted by Crippen LogP contribution is -2.16. The van der Waals surface area contributed by atoms with Crippen molar-refractivity contribution in [2.75, 3.05) is 11.9 Å². The van der Waals surface area contributed by atoms with Crippen LogP contribution in [0.1, 0.15) is 49.2 Å². The minimum atomic E-state index is 0.0353. The normalized spacial score (nSPS) is 12.4. The lowest BCUT2D eigenvalue weighted by Gasteiger charge is -2.13. The highest BCUT2D eigenvalue weighted by atomic mass is 15.1. The average molecular weight is 284 g/mol. The molecule has 0 aliphatic heterocycles. The van der Waals surface area contributed by atoms with E-state index in [9.17, 15) is 0 Å². The fourth-order valence-electron chi connectivity index (χ4n) is 2.17. The number of nitrogens with one attached hydrogen (secondary N) is 1. The van der Waals surface area contributed by atoms with E-state index >= 15 is 0 Å². The quantitative estimate of drug-likeness (QED) is 0.853. The highest BCUT2D eigenvalue weighted by Crippen LogP contribution is 2.16. The maximum absolute atomic E-state index is 6.19. The van der Waals surface area contributed by atoms with Crippen LogP contribution in [0.25, 0.3) is 0 Å². The summed E-state index contributed by atoms with van der Waals surface area (Å²) in [5, 5.41) is 3.28. The van der Waals surface area contributed by atoms with E-state index in [0.29, 0.717) is 11.9 Å². The van der Waals surface area contributed by atoms with Crippen LogP contribution >= 0.6 is 0 Å².